The Morgan fingerprint density at radius 2 is 0.808 bits per heavy atom. The highest BCUT2D eigenvalue weighted by atomic mass is 15.1. The second kappa shape index (κ2) is 19.9. The van der Waals surface area contributed by atoms with Crippen LogP contribution in [0, 0.1) is 0 Å². The van der Waals surface area contributed by atoms with Crippen molar-refractivity contribution in [2.75, 3.05) is 4.90 Å². The van der Waals surface area contributed by atoms with E-state index >= 15 is 0 Å². The number of aromatic nitrogens is 1. The first-order chi connectivity index (χ1) is 36.0. The lowest BCUT2D eigenvalue weighted by atomic mass is 9.94. The summed E-state index contributed by atoms with van der Waals surface area (Å²) in [4.78, 5) is 2.37. The highest BCUT2D eigenvalue weighted by Gasteiger charge is 2.16. The van der Waals surface area contributed by atoms with Gasteiger partial charge >= 0.3 is 0 Å². The van der Waals surface area contributed by atoms with Gasteiger partial charge in [0.15, 0.2) is 0 Å². The average Bonchev–Trinajstić information content (AvgIpc) is 3.81. The maximum atomic E-state index is 2.38. The summed E-state index contributed by atoms with van der Waals surface area (Å²) in [6, 6.07) is 97.0. The molecular formula is C71H54N2. The quantitative estimate of drug-likeness (QED) is 0.111. The van der Waals surface area contributed by atoms with Crippen molar-refractivity contribution < 1.29 is 0 Å². The molecule has 0 bridgehead atoms. The number of benzene rings is 11. The molecule has 348 valence electrons. The second-order valence-electron chi connectivity index (χ2n) is 18.9. The minimum absolute atomic E-state index is 0.179. The number of fused-ring (bicyclic) bond motifs is 4. The van der Waals surface area contributed by atoms with Crippen LogP contribution in [0.5, 0.6) is 0 Å². The zero-order chi connectivity index (χ0) is 49.1. The lowest BCUT2D eigenvalue weighted by Crippen LogP contribution is -2.15. The SMILES string of the molecule is C/C=C(\C=C/C(C)c1cccc(-c2ccc3ccccc3c2)c1)N(c1ccc(-c2ccc(-c3cccc(-n4c5ccccc5c5ccccc54)c3)cc2)cc1)c1ccc(-c2cccc(-c3ccccc3)c2)cc1. The molecule has 0 aliphatic rings. The van der Waals surface area contributed by atoms with Gasteiger partial charge in [-0.15, -0.1) is 0 Å². The minimum atomic E-state index is 0.179. The third-order valence-electron chi connectivity index (χ3n) is 14.4. The van der Waals surface area contributed by atoms with Crippen LogP contribution in [0.2, 0.25) is 0 Å². The van der Waals surface area contributed by atoms with Crippen molar-refractivity contribution in [2.24, 2.45) is 0 Å². The number of hydrogen-bond acceptors (Lipinski definition) is 1. The first-order valence-corrected chi connectivity index (χ1v) is 25.3. The summed E-state index contributed by atoms with van der Waals surface area (Å²) < 4.78 is 2.38. The Morgan fingerprint density at radius 3 is 1.42 bits per heavy atom. The number of para-hydroxylation sites is 2. The van der Waals surface area contributed by atoms with Gasteiger partial charge in [0.25, 0.3) is 0 Å². The first kappa shape index (κ1) is 44.9. The molecule has 0 aliphatic heterocycles. The molecule has 0 radical (unpaired) electrons. The molecule has 0 N–H and O–H groups in total. The van der Waals surface area contributed by atoms with E-state index in [0.29, 0.717) is 0 Å². The Bertz CT molecular complexity index is 3910. The molecule has 0 fully saturated rings. The van der Waals surface area contributed by atoms with E-state index in [9.17, 15) is 0 Å². The molecule has 12 rings (SSSR count). The number of hydrogen-bond donors (Lipinski definition) is 0. The number of nitrogens with zero attached hydrogens (tertiary/aromatic N) is 2. The third-order valence-corrected chi connectivity index (χ3v) is 14.4. The minimum Gasteiger partial charge on any atom is -0.311 e. The van der Waals surface area contributed by atoms with Crippen molar-refractivity contribution in [2.45, 2.75) is 19.8 Å². The molecule has 0 saturated carbocycles. The van der Waals surface area contributed by atoms with Gasteiger partial charge in [-0.05, 0) is 152 Å². The molecular weight excluding hydrogens is 881 g/mol. The van der Waals surface area contributed by atoms with Gasteiger partial charge in [0, 0.05) is 33.5 Å². The van der Waals surface area contributed by atoms with Crippen molar-refractivity contribution in [3.05, 3.63) is 296 Å². The van der Waals surface area contributed by atoms with Crippen LogP contribution in [0.1, 0.15) is 25.3 Å². The van der Waals surface area contributed by atoms with Crippen LogP contribution in [-0.4, -0.2) is 4.57 Å². The van der Waals surface area contributed by atoms with Gasteiger partial charge in [0.1, 0.15) is 0 Å². The van der Waals surface area contributed by atoms with Gasteiger partial charge in [0.05, 0.1) is 11.0 Å². The number of anilines is 2. The molecule has 1 heterocycles. The number of rotatable bonds is 12. The van der Waals surface area contributed by atoms with E-state index in [1.165, 1.54) is 93.8 Å². The molecule has 1 atom stereocenters. The molecule has 0 spiro atoms. The summed E-state index contributed by atoms with van der Waals surface area (Å²) in [7, 11) is 0. The van der Waals surface area contributed by atoms with E-state index in [1.807, 2.05) is 0 Å². The van der Waals surface area contributed by atoms with E-state index in [2.05, 4.69) is 308 Å². The average molecular weight is 935 g/mol. The molecule has 2 heteroatoms. The van der Waals surface area contributed by atoms with Crippen molar-refractivity contribution in [1.29, 1.82) is 0 Å². The highest BCUT2D eigenvalue weighted by molar-refractivity contribution is 6.09. The van der Waals surface area contributed by atoms with E-state index < -0.39 is 0 Å². The first-order valence-electron chi connectivity index (χ1n) is 25.3. The molecule has 73 heavy (non-hydrogen) atoms. The molecule has 0 amide bonds. The fraction of sp³-hybridized carbons (Fsp3) is 0.0423. The largest absolute Gasteiger partial charge is 0.311 e. The molecule has 1 aromatic heterocycles. The van der Waals surface area contributed by atoms with Crippen LogP contribution >= 0.6 is 0 Å². The zero-order valence-corrected chi connectivity index (χ0v) is 41.1. The van der Waals surface area contributed by atoms with Crippen LogP contribution in [0.25, 0.3) is 93.9 Å². The van der Waals surface area contributed by atoms with E-state index in [4.69, 9.17) is 0 Å². The summed E-state index contributed by atoms with van der Waals surface area (Å²) in [5.74, 6) is 0.179. The van der Waals surface area contributed by atoms with Gasteiger partial charge in [0.2, 0.25) is 0 Å². The van der Waals surface area contributed by atoms with Gasteiger partial charge in [-0.3, -0.25) is 0 Å². The van der Waals surface area contributed by atoms with Crippen LogP contribution in [0.15, 0.2) is 291 Å². The van der Waals surface area contributed by atoms with Crippen LogP contribution in [-0.2, 0) is 0 Å². The normalized spacial score (nSPS) is 12.2. The fourth-order valence-corrected chi connectivity index (χ4v) is 10.5. The molecule has 0 aliphatic carbocycles. The number of allylic oxidation sites excluding steroid dienone is 3. The maximum Gasteiger partial charge on any atom is 0.0541 e. The van der Waals surface area contributed by atoms with Crippen LogP contribution in [0.3, 0.4) is 0 Å². The Morgan fingerprint density at radius 1 is 0.370 bits per heavy atom. The van der Waals surface area contributed by atoms with E-state index in [-0.39, 0.29) is 5.92 Å². The molecule has 0 saturated heterocycles. The van der Waals surface area contributed by atoms with E-state index in [0.717, 1.165) is 22.8 Å². The van der Waals surface area contributed by atoms with Crippen molar-refractivity contribution in [3.8, 4) is 61.3 Å². The second-order valence-corrected chi connectivity index (χ2v) is 18.9. The van der Waals surface area contributed by atoms with Gasteiger partial charge in [-0.25, -0.2) is 0 Å². The maximum absolute atomic E-state index is 2.38. The summed E-state index contributed by atoms with van der Waals surface area (Å²) in [5.41, 5.74) is 20.1. The topological polar surface area (TPSA) is 8.17 Å². The molecule has 12 aromatic rings. The lowest BCUT2D eigenvalue weighted by molar-refractivity contribution is 0.964. The van der Waals surface area contributed by atoms with Gasteiger partial charge in [-0.1, -0.05) is 225 Å². The monoisotopic (exact) mass is 934 g/mol. The summed E-state index contributed by atoms with van der Waals surface area (Å²) in [5, 5.41) is 5.05. The van der Waals surface area contributed by atoms with Crippen molar-refractivity contribution >= 4 is 44.0 Å². The lowest BCUT2D eigenvalue weighted by Gasteiger charge is -2.27. The molecule has 1 unspecified atom stereocenters. The van der Waals surface area contributed by atoms with Crippen molar-refractivity contribution in [1.82, 2.24) is 4.57 Å². The predicted octanol–water partition coefficient (Wildman–Crippen LogP) is 19.7. The van der Waals surface area contributed by atoms with Gasteiger partial charge in [-0.2, -0.15) is 0 Å². The standard InChI is InChI=1S/C71H54N2/c1-3-64(41-30-50(2)57-20-13-23-61(46-57)63-36-35-52-18-7-8-19-58(52)48-63)72(66-44-39-56(40-45-66)60-22-14-21-59(47-60)51-16-5-4-6-17-51)65-42-37-54(38-43-65)53-31-33-55(34-32-53)62-24-15-25-67(49-62)73-70-28-11-9-26-68(70)69-27-10-12-29-71(69)73/h3-50H,1-2H3/b41-30-,64-3+. The van der Waals surface area contributed by atoms with Gasteiger partial charge < -0.3 is 9.47 Å². The van der Waals surface area contributed by atoms with Crippen molar-refractivity contribution in [3.63, 3.8) is 0 Å². The summed E-state index contributed by atoms with van der Waals surface area (Å²) >= 11 is 0. The molecule has 2 nitrogen and oxygen atoms in total. The highest BCUT2D eigenvalue weighted by Crippen LogP contribution is 2.38. The van der Waals surface area contributed by atoms with Crippen LogP contribution in [0.4, 0.5) is 11.4 Å². The predicted molar refractivity (Wildman–Crippen MR) is 312 cm³/mol. The molecule has 11 aromatic carbocycles. The summed E-state index contributed by atoms with van der Waals surface area (Å²) in [6.07, 6.45) is 6.84. The van der Waals surface area contributed by atoms with E-state index in [1.54, 1.807) is 0 Å². The Balaban J connectivity index is 0.840. The smallest absolute Gasteiger partial charge is 0.0541 e. The Labute approximate surface area is 428 Å². The summed E-state index contributed by atoms with van der Waals surface area (Å²) in [6.45, 7) is 4.42. The zero-order valence-electron chi connectivity index (χ0n) is 41.1. The Hall–Kier alpha value is -9.24. The third kappa shape index (κ3) is 9.08. The fourth-order valence-electron chi connectivity index (χ4n) is 10.5. The Kier molecular flexibility index (Phi) is 12.2. The van der Waals surface area contributed by atoms with Crippen LogP contribution < -0.4 is 4.90 Å².